The molecular formula is C14H12N2O6. The number of para-hydroxylation sites is 1. The fourth-order valence-corrected chi connectivity index (χ4v) is 1.64. The van der Waals surface area contributed by atoms with Crippen molar-refractivity contribution in [1.82, 2.24) is 10.6 Å². The van der Waals surface area contributed by atoms with Crippen molar-refractivity contribution >= 4 is 28.9 Å². The number of esters is 1. The van der Waals surface area contributed by atoms with Crippen molar-refractivity contribution in [1.29, 1.82) is 0 Å². The molecule has 8 heteroatoms. The molecule has 0 aliphatic heterocycles. The van der Waals surface area contributed by atoms with Gasteiger partial charge in [-0.1, -0.05) is 18.2 Å². The van der Waals surface area contributed by atoms with Crippen molar-refractivity contribution in [3.05, 3.63) is 46.3 Å². The first kappa shape index (κ1) is 15.2. The number of benzene rings is 1. The van der Waals surface area contributed by atoms with Gasteiger partial charge in [-0.2, -0.15) is 0 Å². The normalized spacial score (nSPS) is 10.0. The number of rotatable bonds is 3. The number of hydrogen-bond donors (Lipinski definition) is 2. The highest BCUT2D eigenvalue weighted by atomic mass is 16.5. The van der Waals surface area contributed by atoms with E-state index < -0.39 is 30.1 Å². The van der Waals surface area contributed by atoms with E-state index in [1.165, 1.54) is 13.1 Å². The first-order valence-corrected chi connectivity index (χ1v) is 6.23. The van der Waals surface area contributed by atoms with Crippen LogP contribution < -0.4 is 16.3 Å². The monoisotopic (exact) mass is 304 g/mol. The first-order valence-electron chi connectivity index (χ1n) is 6.23. The number of fused-ring (bicyclic) bond motifs is 1. The first-order chi connectivity index (χ1) is 10.5. The summed E-state index contributed by atoms with van der Waals surface area (Å²) in [6.07, 6.45) is 0. The molecule has 0 atom stereocenters. The van der Waals surface area contributed by atoms with Crippen molar-refractivity contribution in [2.24, 2.45) is 0 Å². The minimum absolute atomic E-state index is 0.327. The topological polar surface area (TPSA) is 115 Å². The molecule has 0 aliphatic carbocycles. The maximum atomic E-state index is 11.8. The third-order valence-corrected chi connectivity index (χ3v) is 2.68. The third kappa shape index (κ3) is 3.48. The summed E-state index contributed by atoms with van der Waals surface area (Å²) >= 11 is 0. The Balaban J connectivity index is 2.10. The fourth-order valence-electron chi connectivity index (χ4n) is 1.64. The second-order valence-corrected chi connectivity index (χ2v) is 4.19. The molecule has 22 heavy (non-hydrogen) atoms. The highest BCUT2D eigenvalue weighted by molar-refractivity contribution is 5.97. The summed E-state index contributed by atoms with van der Waals surface area (Å²) in [4.78, 5) is 45.7. The summed E-state index contributed by atoms with van der Waals surface area (Å²) < 4.78 is 9.66. The zero-order chi connectivity index (χ0) is 16.1. The Hall–Kier alpha value is -3.16. The minimum atomic E-state index is -1.01. The van der Waals surface area contributed by atoms with Gasteiger partial charge in [-0.25, -0.2) is 14.4 Å². The zero-order valence-corrected chi connectivity index (χ0v) is 11.5. The molecular weight excluding hydrogens is 292 g/mol. The lowest BCUT2D eigenvalue weighted by molar-refractivity contribution is -0.123. The van der Waals surface area contributed by atoms with E-state index in [2.05, 4.69) is 10.1 Å². The molecule has 1 aromatic heterocycles. The van der Waals surface area contributed by atoms with Gasteiger partial charge in [-0.3, -0.25) is 10.1 Å². The smallest absolute Gasteiger partial charge is 0.351 e. The van der Waals surface area contributed by atoms with Crippen molar-refractivity contribution in [2.45, 2.75) is 0 Å². The number of imide groups is 1. The van der Waals surface area contributed by atoms with Crippen LogP contribution in [0.3, 0.4) is 0 Å². The second-order valence-electron chi connectivity index (χ2n) is 4.19. The molecule has 0 bridgehead atoms. The van der Waals surface area contributed by atoms with E-state index in [0.29, 0.717) is 11.0 Å². The van der Waals surface area contributed by atoms with Crippen LogP contribution in [0.2, 0.25) is 0 Å². The van der Waals surface area contributed by atoms with Crippen LogP contribution in [0, 0.1) is 0 Å². The zero-order valence-electron chi connectivity index (χ0n) is 11.5. The van der Waals surface area contributed by atoms with Crippen LogP contribution in [0.4, 0.5) is 4.79 Å². The molecule has 0 aliphatic rings. The Morgan fingerprint density at radius 2 is 1.95 bits per heavy atom. The second kappa shape index (κ2) is 6.53. The van der Waals surface area contributed by atoms with Crippen LogP contribution in [0.15, 0.2) is 39.5 Å². The maximum Gasteiger partial charge on any atom is 0.351 e. The summed E-state index contributed by atoms with van der Waals surface area (Å²) in [5.41, 5.74) is -0.858. The SMILES string of the molecule is CNC(=O)NC(=O)COC(=O)c1cc2ccccc2oc1=O. The van der Waals surface area contributed by atoms with E-state index in [1.54, 1.807) is 24.3 Å². The number of hydrogen-bond acceptors (Lipinski definition) is 6. The van der Waals surface area contributed by atoms with Gasteiger partial charge in [-0.15, -0.1) is 0 Å². The highest BCUT2D eigenvalue weighted by Gasteiger charge is 2.17. The van der Waals surface area contributed by atoms with Gasteiger partial charge in [-0.05, 0) is 12.1 Å². The Labute approximate surface area is 124 Å². The Morgan fingerprint density at radius 1 is 1.23 bits per heavy atom. The molecule has 8 nitrogen and oxygen atoms in total. The summed E-state index contributed by atoms with van der Waals surface area (Å²) in [5.74, 6) is -1.83. The quantitative estimate of drug-likeness (QED) is 0.627. The van der Waals surface area contributed by atoms with Crippen LogP contribution in [0.5, 0.6) is 0 Å². The predicted molar refractivity (Wildman–Crippen MR) is 75.4 cm³/mol. The Morgan fingerprint density at radius 3 is 2.68 bits per heavy atom. The molecule has 0 saturated carbocycles. The van der Waals surface area contributed by atoms with Crippen LogP contribution in [0.25, 0.3) is 11.0 Å². The molecule has 1 aromatic carbocycles. The summed E-state index contributed by atoms with van der Waals surface area (Å²) in [6, 6.07) is 7.24. The molecule has 2 N–H and O–H groups in total. The Bertz CT molecular complexity index is 795. The standard InChI is InChI=1S/C14H12N2O6/c1-15-14(20)16-11(17)7-21-12(18)9-6-8-4-2-3-5-10(8)22-13(9)19/h2-6H,7H2,1H3,(H2,15,16,17,20). The Kier molecular flexibility index (Phi) is 4.52. The van der Waals surface area contributed by atoms with Crippen LogP contribution in [0.1, 0.15) is 10.4 Å². The van der Waals surface area contributed by atoms with Crippen molar-refractivity contribution < 1.29 is 23.5 Å². The number of urea groups is 1. The van der Waals surface area contributed by atoms with E-state index >= 15 is 0 Å². The number of carbonyl (C=O) groups excluding carboxylic acids is 3. The van der Waals surface area contributed by atoms with Crippen molar-refractivity contribution in [2.75, 3.05) is 13.7 Å². The summed E-state index contributed by atoms with van der Waals surface area (Å²) in [7, 11) is 1.33. The van der Waals surface area contributed by atoms with Gasteiger partial charge < -0.3 is 14.5 Å². The van der Waals surface area contributed by atoms with E-state index in [9.17, 15) is 19.2 Å². The van der Waals surface area contributed by atoms with Gasteiger partial charge in [0.15, 0.2) is 6.61 Å². The highest BCUT2D eigenvalue weighted by Crippen LogP contribution is 2.12. The summed E-state index contributed by atoms with van der Waals surface area (Å²) in [6.45, 7) is -0.696. The number of carbonyl (C=O) groups is 3. The molecule has 2 rings (SSSR count). The fraction of sp³-hybridized carbons (Fsp3) is 0.143. The molecule has 114 valence electrons. The molecule has 1 heterocycles. The number of amides is 3. The molecule has 0 saturated heterocycles. The molecule has 0 spiro atoms. The van der Waals surface area contributed by atoms with Crippen LogP contribution in [-0.2, 0) is 9.53 Å². The van der Waals surface area contributed by atoms with E-state index in [4.69, 9.17) is 4.42 Å². The van der Waals surface area contributed by atoms with Crippen LogP contribution in [-0.4, -0.2) is 31.6 Å². The lowest BCUT2D eigenvalue weighted by atomic mass is 10.2. The lowest BCUT2D eigenvalue weighted by Crippen LogP contribution is -2.39. The summed E-state index contributed by atoms with van der Waals surface area (Å²) in [5, 5.41) is 4.63. The van der Waals surface area contributed by atoms with Gasteiger partial charge in [0, 0.05) is 12.4 Å². The molecule has 3 amide bonds. The third-order valence-electron chi connectivity index (χ3n) is 2.68. The van der Waals surface area contributed by atoms with Crippen molar-refractivity contribution in [3.8, 4) is 0 Å². The van der Waals surface area contributed by atoms with Crippen LogP contribution >= 0.6 is 0 Å². The average Bonchev–Trinajstić information content (AvgIpc) is 2.51. The molecule has 0 unspecified atom stereocenters. The average molecular weight is 304 g/mol. The molecule has 0 fully saturated rings. The van der Waals surface area contributed by atoms with Gasteiger partial charge in [0.25, 0.3) is 5.91 Å². The van der Waals surface area contributed by atoms with Gasteiger partial charge in [0.1, 0.15) is 11.1 Å². The van der Waals surface area contributed by atoms with Gasteiger partial charge in [0.05, 0.1) is 0 Å². The van der Waals surface area contributed by atoms with E-state index in [-0.39, 0.29) is 5.56 Å². The number of nitrogens with one attached hydrogen (secondary N) is 2. The molecule has 0 radical (unpaired) electrons. The number of ether oxygens (including phenoxy) is 1. The largest absolute Gasteiger partial charge is 0.452 e. The van der Waals surface area contributed by atoms with E-state index in [0.717, 1.165) is 0 Å². The van der Waals surface area contributed by atoms with E-state index in [1.807, 2.05) is 5.32 Å². The van der Waals surface area contributed by atoms with Crippen molar-refractivity contribution in [3.63, 3.8) is 0 Å². The maximum absolute atomic E-state index is 11.8. The van der Waals surface area contributed by atoms with Gasteiger partial charge in [0.2, 0.25) is 0 Å². The predicted octanol–water partition coefficient (Wildman–Crippen LogP) is 0.405. The van der Waals surface area contributed by atoms with Gasteiger partial charge >= 0.3 is 17.6 Å². The molecule has 2 aromatic rings. The minimum Gasteiger partial charge on any atom is -0.452 e. The lowest BCUT2D eigenvalue weighted by Gasteiger charge is -2.05.